The van der Waals surface area contributed by atoms with Crippen molar-refractivity contribution in [2.75, 3.05) is 13.7 Å². The minimum atomic E-state index is 0.489. The Hall–Kier alpha value is -1.41. The number of methoxy groups -OCH3 is 1. The summed E-state index contributed by atoms with van der Waals surface area (Å²) in [6.07, 6.45) is 17.9. The Labute approximate surface area is 128 Å². The van der Waals surface area contributed by atoms with Gasteiger partial charge in [0.1, 0.15) is 0 Å². The quantitative estimate of drug-likeness (QED) is 0.652. The summed E-state index contributed by atoms with van der Waals surface area (Å²) in [6.45, 7) is 2.88. The van der Waals surface area contributed by atoms with Crippen LogP contribution < -0.4 is 0 Å². The topological polar surface area (TPSA) is 21.6 Å². The second-order valence-electron chi connectivity index (χ2n) is 6.22. The molecule has 0 aromatic carbocycles. The van der Waals surface area contributed by atoms with Gasteiger partial charge in [0.15, 0.2) is 0 Å². The first kappa shape index (κ1) is 14.5. The van der Waals surface area contributed by atoms with E-state index >= 15 is 0 Å². The Morgan fingerprint density at radius 2 is 2.19 bits per heavy atom. The SMILES string of the molecule is CCCCC/C1=C/C2=C[C@@H]3C=C(COC)N=C(/C=C/C1)C23. The lowest BCUT2D eigenvalue weighted by Crippen LogP contribution is -2.33. The molecule has 0 aromatic heterocycles. The van der Waals surface area contributed by atoms with Crippen molar-refractivity contribution in [3.63, 3.8) is 0 Å². The first-order chi connectivity index (χ1) is 10.3. The largest absolute Gasteiger partial charge is 0.378 e. The molecule has 1 unspecified atom stereocenters. The average molecular weight is 283 g/mol. The van der Waals surface area contributed by atoms with Crippen LogP contribution in [0.4, 0.5) is 0 Å². The van der Waals surface area contributed by atoms with E-state index in [1.165, 1.54) is 37.0 Å². The molecule has 0 N–H and O–H groups in total. The number of hydrogen-bond donors (Lipinski definition) is 0. The minimum Gasteiger partial charge on any atom is -0.378 e. The van der Waals surface area contributed by atoms with Gasteiger partial charge in [-0.2, -0.15) is 0 Å². The summed E-state index contributed by atoms with van der Waals surface area (Å²) < 4.78 is 5.22. The van der Waals surface area contributed by atoms with Crippen molar-refractivity contribution >= 4 is 5.71 Å². The minimum absolute atomic E-state index is 0.489. The summed E-state index contributed by atoms with van der Waals surface area (Å²) in [4.78, 5) is 4.77. The van der Waals surface area contributed by atoms with Gasteiger partial charge in [-0.1, -0.05) is 49.6 Å². The normalized spacial score (nSPS) is 30.6. The van der Waals surface area contributed by atoms with E-state index in [2.05, 4.69) is 37.3 Å². The second-order valence-corrected chi connectivity index (χ2v) is 6.22. The van der Waals surface area contributed by atoms with Crippen LogP contribution in [0.15, 0.2) is 52.2 Å². The molecular formula is C19H25NO. The number of hydrogen-bond acceptors (Lipinski definition) is 2. The number of allylic oxidation sites excluding steroid dienone is 7. The highest BCUT2D eigenvalue weighted by atomic mass is 16.5. The summed E-state index contributed by atoms with van der Waals surface area (Å²) in [6, 6.07) is 0. The van der Waals surface area contributed by atoms with E-state index in [1.54, 1.807) is 12.7 Å². The van der Waals surface area contributed by atoms with Crippen LogP contribution in [0.3, 0.4) is 0 Å². The molecule has 1 aliphatic heterocycles. The van der Waals surface area contributed by atoms with Gasteiger partial charge in [0, 0.05) is 24.7 Å². The molecule has 2 nitrogen and oxygen atoms in total. The third-order valence-electron chi connectivity index (χ3n) is 4.54. The Bertz CT molecular complexity index is 548. The first-order valence-corrected chi connectivity index (χ1v) is 8.17. The molecule has 0 bridgehead atoms. The highest BCUT2D eigenvalue weighted by Gasteiger charge is 2.36. The maximum atomic E-state index is 5.22. The summed E-state index contributed by atoms with van der Waals surface area (Å²) in [5.41, 5.74) is 5.34. The van der Waals surface area contributed by atoms with Gasteiger partial charge in [0.2, 0.25) is 0 Å². The number of aliphatic imine (C=N–C) groups is 1. The molecule has 0 fully saturated rings. The lowest BCUT2D eigenvalue weighted by Gasteiger charge is -2.37. The summed E-state index contributed by atoms with van der Waals surface area (Å²) in [7, 11) is 1.73. The molecule has 0 saturated carbocycles. The molecular weight excluding hydrogens is 258 g/mol. The van der Waals surface area contributed by atoms with Crippen LogP contribution in [0.5, 0.6) is 0 Å². The van der Waals surface area contributed by atoms with Crippen molar-refractivity contribution in [3.8, 4) is 0 Å². The fraction of sp³-hybridized carbons (Fsp3) is 0.526. The Morgan fingerprint density at radius 3 is 3.00 bits per heavy atom. The van der Waals surface area contributed by atoms with E-state index in [-0.39, 0.29) is 0 Å². The summed E-state index contributed by atoms with van der Waals surface area (Å²) in [5, 5.41) is 0. The molecule has 2 heteroatoms. The van der Waals surface area contributed by atoms with Gasteiger partial charge in [0.25, 0.3) is 0 Å². The maximum absolute atomic E-state index is 5.22. The van der Waals surface area contributed by atoms with Crippen molar-refractivity contribution in [1.82, 2.24) is 0 Å². The lowest BCUT2D eigenvalue weighted by molar-refractivity contribution is 0.223. The molecule has 0 amide bonds. The zero-order valence-electron chi connectivity index (χ0n) is 13.1. The monoisotopic (exact) mass is 283 g/mol. The molecule has 0 spiro atoms. The van der Waals surface area contributed by atoms with Gasteiger partial charge in [-0.15, -0.1) is 0 Å². The fourth-order valence-corrected chi connectivity index (χ4v) is 3.44. The van der Waals surface area contributed by atoms with E-state index in [0.717, 1.165) is 12.1 Å². The number of nitrogens with zero attached hydrogens (tertiary/aromatic N) is 1. The molecule has 1 heterocycles. The van der Waals surface area contributed by atoms with Crippen LogP contribution in [0.25, 0.3) is 0 Å². The highest BCUT2D eigenvalue weighted by molar-refractivity contribution is 6.02. The predicted octanol–water partition coefficient (Wildman–Crippen LogP) is 4.61. The van der Waals surface area contributed by atoms with Gasteiger partial charge >= 0.3 is 0 Å². The molecule has 112 valence electrons. The van der Waals surface area contributed by atoms with Crippen LogP contribution in [0, 0.1) is 11.8 Å². The van der Waals surface area contributed by atoms with E-state index in [4.69, 9.17) is 9.73 Å². The van der Waals surface area contributed by atoms with E-state index < -0.39 is 0 Å². The second kappa shape index (κ2) is 6.57. The van der Waals surface area contributed by atoms with Gasteiger partial charge in [-0.05, 0) is 30.9 Å². The molecule has 0 aromatic rings. The lowest BCUT2D eigenvalue weighted by atomic mass is 9.68. The molecule has 21 heavy (non-hydrogen) atoms. The van der Waals surface area contributed by atoms with Crippen molar-refractivity contribution in [2.45, 2.75) is 39.0 Å². The third kappa shape index (κ3) is 3.11. The first-order valence-electron chi connectivity index (χ1n) is 8.17. The Morgan fingerprint density at radius 1 is 1.29 bits per heavy atom. The van der Waals surface area contributed by atoms with Crippen LogP contribution >= 0.6 is 0 Å². The third-order valence-corrected chi connectivity index (χ3v) is 4.54. The molecule has 0 saturated heterocycles. The zero-order chi connectivity index (χ0) is 14.7. The van der Waals surface area contributed by atoms with E-state index in [1.807, 2.05) is 0 Å². The smallest absolute Gasteiger partial charge is 0.0881 e. The number of unbranched alkanes of at least 4 members (excludes halogenated alkanes) is 2. The van der Waals surface area contributed by atoms with Crippen molar-refractivity contribution in [2.24, 2.45) is 16.8 Å². The maximum Gasteiger partial charge on any atom is 0.0881 e. The Kier molecular flexibility index (Phi) is 4.54. The van der Waals surface area contributed by atoms with Gasteiger partial charge in [0.05, 0.1) is 12.3 Å². The summed E-state index contributed by atoms with van der Waals surface area (Å²) in [5.74, 6) is 1.01. The van der Waals surface area contributed by atoms with Gasteiger partial charge in [-0.3, -0.25) is 4.99 Å². The highest BCUT2D eigenvalue weighted by Crippen LogP contribution is 2.42. The van der Waals surface area contributed by atoms with Crippen molar-refractivity contribution < 1.29 is 4.74 Å². The zero-order valence-corrected chi connectivity index (χ0v) is 13.1. The standard InChI is InChI=1S/C19H25NO/c1-3-4-5-7-14-8-6-9-18-19-15(10-14)11-16(19)12-17(20-18)13-21-2/h6,9-12,16,19H,3-5,7-8,13H2,1-2H3/b9-6+,14-10-/t16-,19?/m1/s1. The summed E-state index contributed by atoms with van der Waals surface area (Å²) >= 11 is 0. The van der Waals surface area contributed by atoms with E-state index in [0.29, 0.717) is 18.4 Å². The number of rotatable bonds is 6. The van der Waals surface area contributed by atoms with Crippen molar-refractivity contribution in [1.29, 1.82) is 0 Å². The average Bonchev–Trinajstić information content (AvgIpc) is 2.42. The molecule has 3 aliphatic rings. The fourth-order valence-electron chi connectivity index (χ4n) is 3.44. The Balaban J connectivity index is 1.77. The molecule has 3 rings (SSSR count). The molecule has 2 aliphatic carbocycles. The van der Waals surface area contributed by atoms with Crippen LogP contribution in [0.1, 0.15) is 39.0 Å². The van der Waals surface area contributed by atoms with Crippen molar-refractivity contribution in [3.05, 3.63) is 47.2 Å². The van der Waals surface area contributed by atoms with Gasteiger partial charge < -0.3 is 4.74 Å². The molecule has 0 radical (unpaired) electrons. The van der Waals surface area contributed by atoms with E-state index in [9.17, 15) is 0 Å². The van der Waals surface area contributed by atoms with Crippen LogP contribution in [0.2, 0.25) is 0 Å². The number of ether oxygens (including phenoxy) is 1. The molecule has 2 atom stereocenters. The van der Waals surface area contributed by atoms with Gasteiger partial charge in [-0.25, -0.2) is 0 Å². The van der Waals surface area contributed by atoms with Crippen LogP contribution in [-0.2, 0) is 4.74 Å². The predicted molar refractivity (Wildman–Crippen MR) is 88.4 cm³/mol. The van der Waals surface area contributed by atoms with Crippen LogP contribution in [-0.4, -0.2) is 19.4 Å².